The molecule has 1 fully saturated rings. The van der Waals surface area contributed by atoms with Gasteiger partial charge in [-0.3, -0.25) is 9.58 Å². The Balaban J connectivity index is 2.34. The second kappa shape index (κ2) is 4.68. The third-order valence-electron chi connectivity index (χ3n) is 3.37. The first kappa shape index (κ1) is 14.7. The van der Waals surface area contributed by atoms with E-state index in [1.807, 2.05) is 13.8 Å². The van der Waals surface area contributed by atoms with Crippen LogP contribution < -0.4 is 0 Å². The van der Waals surface area contributed by atoms with Gasteiger partial charge in [-0.1, -0.05) is 0 Å². The summed E-state index contributed by atoms with van der Waals surface area (Å²) in [5.41, 5.74) is -0.748. The van der Waals surface area contributed by atoms with Gasteiger partial charge < -0.3 is 4.74 Å². The van der Waals surface area contributed by atoms with Crippen LogP contribution in [0.2, 0.25) is 0 Å². The Kier molecular flexibility index (Phi) is 3.43. The molecule has 1 aromatic heterocycles. The van der Waals surface area contributed by atoms with Crippen LogP contribution in [0.3, 0.4) is 0 Å². The lowest BCUT2D eigenvalue weighted by molar-refractivity contribution is -0.141. The van der Waals surface area contributed by atoms with Crippen molar-refractivity contribution in [3.8, 4) is 0 Å². The molecule has 0 unspecified atom stereocenters. The molecule has 5 nitrogen and oxygen atoms in total. The number of aryl methyl sites for hydroxylation is 1. The molecule has 0 saturated carbocycles. The first-order valence-electron chi connectivity index (χ1n) is 6.23. The van der Waals surface area contributed by atoms with Gasteiger partial charge in [0.15, 0.2) is 11.8 Å². The molecule has 112 valence electrons. The maximum absolute atomic E-state index is 12.7. The Morgan fingerprint density at radius 1 is 1.40 bits per heavy atom. The summed E-state index contributed by atoms with van der Waals surface area (Å²) in [4.78, 5) is 13.3. The fourth-order valence-electron chi connectivity index (χ4n) is 2.46. The highest BCUT2D eigenvalue weighted by Crippen LogP contribution is 2.36. The predicted molar refractivity (Wildman–Crippen MR) is 63.9 cm³/mol. The van der Waals surface area contributed by atoms with E-state index in [2.05, 4.69) is 5.10 Å². The number of nitrogens with zero attached hydrogens (tertiary/aromatic N) is 3. The van der Waals surface area contributed by atoms with Crippen LogP contribution in [0.25, 0.3) is 0 Å². The van der Waals surface area contributed by atoms with Crippen LogP contribution in [-0.2, 0) is 18.0 Å². The molecule has 20 heavy (non-hydrogen) atoms. The van der Waals surface area contributed by atoms with Crippen molar-refractivity contribution in [2.24, 2.45) is 7.05 Å². The number of cyclic esters (lactones) is 1. The maximum atomic E-state index is 12.7. The summed E-state index contributed by atoms with van der Waals surface area (Å²) in [7, 11) is 1.41. The molecule has 2 rings (SSSR count). The van der Waals surface area contributed by atoms with Crippen LogP contribution in [0.1, 0.15) is 38.3 Å². The first-order chi connectivity index (χ1) is 9.12. The maximum Gasteiger partial charge on any atom is 0.435 e. The molecule has 1 aliphatic rings. The molecule has 2 atom stereocenters. The molecule has 1 saturated heterocycles. The summed E-state index contributed by atoms with van der Waals surface area (Å²) in [6.45, 7) is 5.39. The lowest BCUT2D eigenvalue weighted by atomic mass is 10.1. The highest BCUT2D eigenvalue weighted by atomic mass is 19.4. The summed E-state index contributed by atoms with van der Waals surface area (Å²) < 4.78 is 44.3. The summed E-state index contributed by atoms with van der Waals surface area (Å²) in [5, 5.41) is 3.44. The van der Waals surface area contributed by atoms with E-state index in [9.17, 15) is 18.0 Å². The van der Waals surface area contributed by atoms with E-state index < -0.39 is 24.1 Å². The lowest BCUT2D eigenvalue weighted by Gasteiger charge is -2.24. The zero-order chi connectivity index (χ0) is 15.2. The Labute approximate surface area is 114 Å². The average molecular weight is 291 g/mol. The quantitative estimate of drug-likeness (QED) is 0.841. The topological polar surface area (TPSA) is 47.4 Å². The Hall–Kier alpha value is -1.73. The Morgan fingerprint density at radius 3 is 2.40 bits per heavy atom. The Morgan fingerprint density at radius 2 is 2.00 bits per heavy atom. The number of hydrogen-bond donors (Lipinski definition) is 0. The highest BCUT2D eigenvalue weighted by molar-refractivity contribution is 5.71. The normalized spacial score (nSPS) is 23.6. The van der Waals surface area contributed by atoms with E-state index in [1.165, 1.54) is 11.9 Å². The number of carbonyl (C=O) groups is 1. The number of amides is 1. The van der Waals surface area contributed by atoms with Gasteiger partial charge in [0.05, 0.1) is 11.7 Å². The van der Waals surface area contributed by atoms with Crippen molar-refractivity contribution in [2.75, 3.05) is 0 Å². The van der Waals surface area contributed by atoms with Gasteiger partial charge in [-0.15, -0.1) is 0 Å². The zero-order valence-corrected chi connectivity index (χ0v) is 11.6. The number of ether oxygens (including phenoxy) is 1. The molecule has 0 radical (unpaired) electrons. The van der Waals surface area contributed by atoms with Crippen LogP contribution >= 0.6 is 0 Å². The molecule has 0 aromatic carbocycles. The summed E-state index contributed by atoms with van der Waals surface area (Å²) in [5.74, 6) is 0. The van der Waals surface area contributed by atoms with E-state index >= 15 is 0 Å². The molecule has 0 bridgehead atoms. The molecule has 1 aliphatic heterocycles. The van der Waals surface area contributed by atoms with Crippen LogP contribution in [-0.4, -0.2) is 32.9 Å². The van der Waals surface area contributed by atoms with Crippen molar-refractivity contribution < 1.29 is 22.7 Å². The van der Waals surface area contributed by atoms with Crippen molar-refractivity contribution in [3.63, 3.8) is 0 Å². The second-order valence-electron chi connectivity index (χ2n) is 5.12. The third kappa shape index (κ3) is 2.34. The molecule has 2 heterocycles. The monoisotopic (exact) mass is 291 g/mol. The fourth-order valence-corrected chi connectivity index (χ4v) is 2.46. The van der Waals surface area contributed by atoms with Gasteiger partial charge in [0.25, 0.3) is 0 Å². The van der Waals surface area contributed by atoms with Gasteiger partial charge in [0.2, 0.25) is 0 Å². The summed E-state index contributed by atoms with van der Waals surface area (Å²) in [6.07, 6.45) is -5.79. The number of rotatable bonds is 2. The largest absolute Gasteiger partial charge is 0.437 e. The summed E-state index contributed by atoms with van der Waals surface area (Å²) in [6, 6.07) is 0.495. The lowest BCUT2D eigenvalue weighted by Crippen LogP contribution is -2.37. The first-order valence-corrected chi connectivity index (χ1v) is 6.23. The highest BCUT2D eigenvalue weighted by Gasteiger charge is 2.44. The van der Waals surface area contributed by atoms with Crippen molar-refractivity contribution in [1.29, 1.82) is 0 Å². The van der Waals surface area contributed by atoms with Gasteiger partial charge in [0, 0.05) is 13.1 Å². The van der Waals surface area contributed by atoms with Gasteiger partial charge in [0.1, 0.15) is 0 Å². The average Bonchev–Trinajstić information content (AvgIpc) is 2.79. The van der Waals surface area contributed by atoms with Crippen molar-refractivity contribution in [3.05, 3.63) is 17.5 Å². The minimum atomic E-state index is -4.51. The van der Waals surface area contributed by atoms with Gasteiger partial charge in [-0.2, -0.15) is 18.3 Å². The minimum absolute atomic E-state index is 0.0854. The number of alkyl halides is 3. The third-order valence-corrected chi connectivity index (χ3v) is 3.37. The Bertz CT molecular complexity index is 525. The zero-order valence-electron chi connectivity index (χ0n) is 11.6. The van der Waals surface area contributed by atoms with E-state index in [-0.39, 0.29) is 17.8 Å². The smallest absolute Gasteiger partial charge is 0.435 e. The van der Waals surface area contributed by atoms with Gasteiger partial charge >= 0.3 is 12.3 Å². The number of carbonyl (C=O) groups excluding carboxylic acids is 1. The van der Waals surface area contributed by atoms with E-state index in [1.54, 1.807) is 6.92 Å². The van der Waals surface area contributed by atoms with E-state index in [0.29, 0.717) is 0 Å². The molecule has 1 amide bonds. The van der Waals surface area contributed by atoms with E-state index in [4.69, 9.17) is 4.74 Å². The molecule has 8 heteroatoms. The molecule has 1 aromatic rings. The molecular formula is C12H16F3N3O2. The predicted octanol–water partition coefficient (Wildman–Crippen LogP) is 2.73. The standard InChI is InChI=1S/C12H16F3N3O2/c1-6(2)18-7(3)10(20-11(18)19)8-5-9(12(13,14)15)16-17(8)4/h5-7,10H,1-4H3/t7-,10-/m1/s1. The van der Waals surface area contributed by atoms with Crippen LogP contribution in [0.15, 0.2) is 6.07 Å². The van der Waals surface area contributed by atoms with Gasteiger partial charge in [-0.05, 0) is 26.8 Å². The molecule has 0 spiro atoms. The fraction of sp³-hybridized carbons (Fsp3) is 0.667. The number of halogens is 3. The van der Waals surface area contributed by atoms with Crippen LogP contribution in [0.5, 0.6) is 0 Å². The van der Waals surface area contributed by atoms with Crippen molar-refractivity contribution in [1.82, 2.24) is 14.7 Å². The van der Waals surface area contributed by atoms with Crippen LogP contribution in [0.4, 0.5) is 18.0 Å². The molecule has 0 N–H and O–H groups in total. The number of aromatic nitrogens is 2. The minimum Gasteiger partial charge on any atom is -0.437 e. The number of hydrogen-bond acceptors (Lipinski definition) is 3. The molecule has 0 aliphatic carbocycles. The van der Waals surface area contributed by atoms with Crippen molar-refractivity contribution >= 4 is 6.09 Å². The summed E-state index contributed by atoms with van der Waals surface area (Å²) >= 11 is 0. The van der Waals surface area contributed by atoms with Gasteiger partial charge in [-0.25, -0.2) is 4.79 Å². The van der Waals surface area contributed by atoms with E-state index in [0.717, 1.165) is 10.7 Å². The SMILES string of the molecule is CC(C)N1C(=O)O[C@@H](c2cc(C(F)(F)F)nn2C)[C@H]1C. The second-order valence-corrected chi connectivity index (χ2v) is 5.12. The van der Waals surface area contributed by atoms with Crippen LogP contribution in [0, 0.1) is 0 Å². The molecular weight excluding hydrogens is 275 g/mol. The van der Waals surface area contributed by atoms with Crippen molar-refractivity contribution in [2.45, 2.75) is 45.1 Å².